The fourth-order valence-corrected chi connectivity index (χ4v) is 4.33. The molecule has 1 saturated carbocycles. The molecule has 2 fully saturated rings. The number of aliphatic imine (C=N–C) groups is 1. The lowest BCUT2D eigenvalue weighted by Crippen LogP contribution is -2.67. The Morgan fingerprint density at radius 3 is 2.41 bits per heavy atom. The van der Waals surface area contributed by atoms with Gasteiger partial charge in [-0.1, -0.05) is 13.8 Å². The normalized spacial score (nSPS) is 26.0. The van der Waals surface area contributed by atoms with Gasteiger partial charge in [0.1, 0.15) is 0 Å². The third-order valence-electron chi connectivity index (χ3n) is 5.64. The fourth-order valence-electron chi connectivity index (χ4n) is 4.33. The Labute approximate surface area is 161 Å². The maximum absolute atomic E-state index is 5.90. The first-order valence-corrected chi connectivity index (χ1v) is 9.45. The van der Waals surface area contributed by atoms with E-state index in [1.54, 1.807) is 21.3 Å². The Hall–Kier alpha value is -2.15. The summed E-state index contributed by atoms with van der Waals surface area (Å²) in [6.45, 7) is 8.04. The molecule has 1 saturated heterocycles. The van der Waals surface area contributed by atoms with Gasteiger partial charge in [0.15, 0.2) is 17.5 Å². The Balaban J connectivity index is 1.80. The predicted octanol–water partition coefficient (Wildman–Crippen LogP) is 2.90. The third-order valence-corrected chi connectivity index (χ3v) is 5.64. The zero-order chi connectivity index (χ0) is 19.6. The minimum Gasteiger partial charge on any atom is -0.493 e. The number of rotatable bonds is 6. The van der Waals surface area contributed by atoms with Crippen LogP contribution in [0.25, 0.3) is 0 Å². The summed E-state index contributed by atoms with van der Waals surface area (Å²) in [5.41, 5.74) is 0.896. The molecule has 0 aromatic heterocycles. The van der Waals surface area contributed by atoms with Crippen molar-refractivity contribution in [1.29, 1.82) is 0 Å². The molecule has 1 aliphatic heterocycles. The Kier molecular flexibility index (Phi) is 5.69. The van der Waals surface area contributed by atoms with E-state index in [0.717, 1.165) is 24.7 Å². The number of guanidine groups is 1. The highest BCUT2D eigenvalue weighted by Gasteiger charge is 2.59. The Bertz CT molecular complexity index is 679. The van der Waals surface area contributed by atoms with Gasteiger partial charge in [-0.25, -0.2) is 0 Å². The summed E-state index contributed by atoms with van der Waals surface area (Å²) in [5, 5.41) is 6.99. The summed E-state index contributed by atoms with van der Waals surface area (Å²) in [6.07, 6.45) is 1.43. The van der Waals surface area contributed by atoms with Crippen molar-refractivity contribution in [3.8, 4) is 17.2 Å². The van der Waals surface area contributed by atoms with Crippen molar-refractivity contribution in [1.82, 2.24) is 5.32 Å². The fraction of sp³-hybridized carbons (Fsp3) is 0.650. The zero-order valence-corrected chi connectivity index (χ0v) is 17.1. The van der Waals surface area contributed by atoms with E-state index in [1.165, 1.54) is 0 Å². The van der Waals surface area contributed by atoms with Crippen molar-refractivity contribution < 1.29 is 18.9 Å². The minimum atomic E-state index is 0.0760. The first kappa shape index (κ1) is 19.6. The molecule has 27 heavy (non-hydrogen) atoms. The minimum absolute atomic E-state index is 0.0760. The quantitative estimate of drug-likeness (QED) is 0.587. The van der Waals surface area contributed by atoms with Crippen molar-refractivity contribution in [2.45, 2.75) is 39.3 Å². The topological polar surface area (TPSA) is 73.3 Å². The van der Waals surface area contributed by atoms with Crippen molar-refractivity contribution in [3.05, 3.63) is 12.1 Å². The van der Waals surface area contributed by atoms with Gasteiger partial charge in [0.05, 0.1) is 27.4 Å². The number of ether oxygens (including phenoxy) is 4. The number of benzene rings is 1. The van der Waals surface area contributed by atoms with Gasteiger partial charge in [-0.05, 0) is 13.3 Å². The molecule has 0 bridgehead atoms. The molecule has 150 valence electrons. The second kappa shape index (κ2) is 7.84. The molecule has 7 heteroatoms. The van der Waals surface area contributed by atoms with Crippen LogP contribution in [0.2, 0.25) is 0 Å². The zero-order valence-electron chi connectivity index (χ0n) is 17.1. The summed E-state index contributed by atoms with van der Waals surface area (Å²) in [4.78, 5) is 4.62. The van der Waals surface area contributed by atoms with Crippen LogP contribution in [0.4, 0.5) is 5.69 Å². The van der Waals surface area contributed by atoms with Crippen molar-refractivity contribution in [2.75, 3.05) is 39.8 Å². The monoisotopic (exact) mass is 377 g/mol. The molecule has 3 atom stereocenters. The molecule has 7 nitrogen and oxygen atoms in total. The van der Waals surface area contributed by atoms with Crippen molar-refractivity contribution in [3.63, 3.8) is 0 Å². The molecular formula is C20H31N3O4. The van der Waals surface area contributed by atoms with E-state index in [0.29, 0.717) is 41.9 Å². The molecule has 1 aromatic rings. The molecular weight excluding hydrogens is 346 g/mol. The number of hydrogen-bond donors (Lipinski definition) is 2. The summed E-state index contributed by atoms with van der Waals surface area (Å²) in [7, 11) is 4.81. The molecule has 0 amide bonds. The lowest BCUT2D eigenvalue weighted by atomic mass is 9.57. The van der Waals surface area contributed by atoms with Crippen molar-refractivity contribution in [2.24, 2.45) is 16.3 Å². The number of anilines is 1. The SMILES string of the molecule is CCN=C(Nc1cc(OC)c(OC)c(OC)c1)NC1C2CCOC2C1(C)C. The van der Waals surface area contributed by atoms with Gasteiger partial charge in [-0.2, -0.15) is 0 Å². The van der Waals surface area contributed by atoms with Crippen molar-refractivity contribution >= 4 is 11.6 Å². The van der Waals surface area contributed by atoms with E-state index in [9.17, 15) is 0 Å². The van der Waals surface area contributed by atoms with Gasteiger partial charge in [0.25, 0.3) is 0 Å². The molecule has 3 unspecified atom stereocenters. The van der Waals surface area contributed by atoms with Crippen LogP contribution in [-0.2, 0) is 4.74 Å². The summed E-state index contributed by atoms with van der Waals surface area (Å²) >= 11 is 0. The van der Waals surface area contributed by atoms with Crippen LogP contribution in [0.3, 0.4) is 0 Å². The highest BCUT2D eigenvalue weighted by atomic mass is 16.5. The van der Waals surface area contributed by atoms with Gasteiger partial charge in [0.2, 0.25) is 5.75 Å². The molecule has 0 spiro atoms. The van der Waals surface area contributed by atoms with Gasteiger partial charge in [-0.15, -0.1) is 0 Å². The first-order valence-electron chi connectivity index (χ1n) is 9.45. The first-order chi connectivity index (χ1) is 13.0. The molecule has 0 radical (unpaired) electrons. The van der Waals surface area contributed by atoms with E-state index in [2.05, 4.69) is 29.5 Å². The molecule has 3 rings (SSSR count). The lowest BCUT2D eigenvalue weighted by Gasteiger charge is -2.54. The van der Waals surface area contributed by atoms with Crippen LogP contribution in [-0.4, -0.2) is 52.6 Å². The smallest absolute Gasteiger partial charge is 0.203 e. The number of methoxy groups -OCH3 is 3. The maximum atomic E-state index is 5.90. The Morgan fingerprint density at radius 2 is 1.85 bits per heavy atom. The lowest BCUT2D eigenvalue weighted by molar-refractivity contribution is -0.106. The van der Waals surface area contributed by atoms with E-state index in [-0.39, 0.29) is 5.41 Å². The van der Waals surface area contributed by atoms with Gasteiger partial charge in [0, 0.05) is 48.3 Å². The van der Waals surface area contributed by atoms with Gasteiger partial charge in [-0.3, -0.25) is 4.99 Å². The highest BCUT2D eigenvalue weighted by molar-refractivity contribution is 5.94. The maximum Gasteiger partial charge on any atom is 0.203 e. The van der Waals surface area contributed by atoms with Crippen LogP contribution in [0.15, 0.2) is 17.1 Å². The average molecular weight is 377 g/mol. The Morgan fingerprint density at radius 1 is 1.19 bits per heavy atom. The third kappa shape index (κ3) is 3.52. The second-order valence-electron chi connectivity index (χ2n) is 7.55. The van der Waals surface area contributed by atoms with E-state index in [1.807, 2.05) is 19.1 Å². The highest BCUT2D eigenvalue weighted by Crippen LogP contribution is 2.52. The van der Waals surface area contributed by atoms with E-state index >= 15 is 0 Å². The van der Waals surface area contributed by atoms with Crippen LogP contribution >= 0.6 is 0 Å². The summed E-state index contributed by atoms with van der Waals surface area (Å²) in [5.74, 6) is 3.05. The summed E-state index contributed by atoms with van der Waals surface area (Å²) in [6, 6.07) is 4.08. The standard InChI is InChI=1S/C20H31N3O4/c1-7-21-19(23-17-13-8-9-27-18(13)20(17,2)3)22-12-10-14(24-4)16(26-6)15(11-12)25-5/h10-11,13,17-18H,7-9H2,1-6H3,(H2,21,22,23). The molecule has 2 N–H and O–H groups in total. The molecule has 1 aromatic carbocycles. The number of nitrogens with one attached hydrogen (secondary N) is 2. The van der Waals surface area contributed by atoms with Crippen LogP contribution in [0.1, 0.15) is 27.2 Å². The van der Waals surface area contributed by atoms with Crippen LogP contribution in [0, 0.1) is 11.3 Å². The van der Waals surface area contributed by atoms with E-state index < -0.39 is 0 Å². The van der Waals surface area contributed by atoms with Crippen LogP contribution < -0.4 is 24.8 Å². The second-order valence-corrected chi connectivity index (χ2v) is 7.55. The van der Waals surface area contributed by atoms with Crippen LogP contribution in [0.5, 0.6) is 17.2 Å². The van der Waals surface area contributed by atoms with Gasteiger partial charge < -0.3 is 29.6 Å². The molecule has 1 aliphatic carbocycles. The summed E-state index contributed by atoms with van der Waals surface area (Å²) < 4.78 is 22.2. The largest absolute Gasteiger partial charge is 0.493 e. The average Bonchev–Trinajstić information content (AvgIpc) is 3.12. The molecule has 1 heterocycles. The number of nitrogens with zero attached hydrogens (tertiary/aromatic N) is 1. The number of hydrogen-bond acceptors (Lipinski definition) is 5. The molecule has 2 aliphatic rings. The number of fused-ring (bicyclic) bond motifs is 1. The predicted molar refractivity (Wildman–Crippen MR) is 106 cm³/mol. The van der Waals surface area contributed by atoms with E-state index in [4.69, 9.17) is 18.9 Å². The van der Waals surface area contributed by atoms with Gasteiger partial charge >= 0.3 is 0 Å².